The summed E-state index contributed by atoms with van der Waals surface area (Å²) in [5.74, 6) is 0.595. The molecule has 7 heteroatoms. The van der Waals surface area contributed by atoms with Crippen LogP contribution in [0.1, 0.15) is 57.2 Å². The minimum absolute atomic E-state index is 0.0910. The predicted octanol–water partition coefficient (Wildman–Crippen LogP) is 3.94. The minimum atomic E-state index is -0.976. The highest BCUT2D eigenvalue weighted by Crippen LogP contribution is 2.45. The maximum absolute atomic E-state index is 12.2. The average molecular weight is 448 g/mol. The van der Waals surface area contributed by atoms with Crippen molar-refractivity contribution in [1.82, 2.24) is 4.90 Å². The van der Waals surface area contributed by atoms with E-state index in [1.165, 1.54) is 18.1 Å². The summed E-state index contributed by atoms with van der Waals surface area (Å²) < 4.78 is 16.7. The zero-order chi connectivity index (χ0) is 23.4. The summed E-state index contributed by atoms with van der Waals surface area (Å²) in [5, 5.41) is 9.06. The number of fused-ring (bicyclic) bond motifs is 3. The number of methoxy groups -OCH3 is 2. The third kappa shape index (κ3) is 5.55. The molecular formula is C25H37NO6. The molecule has 178 valence electrons. The Morgan fingerprint density at radius 3 is 2.44 bits per heavy atom. The minimum Gasteiger partial charge on any atom is -0.493 e. The monoisotopic (exact) mass is 447 g/mol. The third-order valence-corrected chi connectivity index (χ3v) is 6.90. The van der Waals surface area contributed by atoms with Crippen LogP contribution in [-0.2, 0) is 20.7 Å². The van der Waals surface area contributed by atoms with Gasteiger partial charge in [0, 0.05) is 19.1 Å². The van der Waals surface area contributed by atoms with Crippen LogP contribution in [-0.4, -0.2) is 55.9 Å². The van der Waals surface area contributed by atoms with Gasteiger partial charge in [-0.1, -0.05) is 20.8 Å². The number of piperidine rings is 1. The number of carbonyl (C=O) groups excluding carboxylic acids is 1. The van der Waals surface area contributed by atoms with Crippen LogP contribution in [0.15, 0.2) is 12.1 Å². The Bertz CT molecular complexity index is 823. The molecule has 0 saturated carbocycles. The number of benzene rings is 1. The van der Waals surface area contributed by atoms with Crippen LogP contribution in [0.3, 0.4) is 0 Å². The molecule has 0 unspecified atom stereocenters. The normalized spacial score (nSPS) is 23.8. The van der Waals surface area contributed by atoms with Gasteiger partial charge in [0.15, 0.2) is 11.5 Å². The molecule has 2 heterocycles. The Morgan fingerprint density at radius 2 is 1.81 bits per heavy atom. The van der Waals surface area contributed by atoms with Gasteiger partial charge in [-0.3, -0.25) is 14.5 Å². The molecule has 0 aromatic heterocycles. The fourth-order valence-corrected chi connectivity index (χ4v) is 5.18. The van der Waals surface area contributed by atoms with Gasteiger partial charge < -0.3 is 19.3 Å². The molecule has 0 aliphatic carbocycles. The van der Waals surface area contributed by atoms with E-state index in [0.717, 1.165) is 43.9 Å². The number of hydrogen-bond acceptors (Lipinski definition) is 6. The van der Waals surface area contributed by atoms with Crippen molar-refractivity contribution in [3.05, 3.63) is 23.3 Å². The van der Waals surface area contributed by atoms with E-state index in [-0.39, 0.29) is 18.4 Å². The zero-order valence-corrected chi connectivity index (χ0v) is 19.9. The molecule has 2 aliphatic heterocycles. The molecule has 0 amide bonds. The summed E-state index contributed by atoms with van der Waals surface area (Å²) in [6, 6.07) is 4.45. The smallest absolute Gasteiger partial charge is 0.306 e. The summed E-state index contributed by atoms with van der Waals surface area (Å²) in [7, 11) is 3.32. The number of ether oxygens (including phenoxy) is 3. The second-order valence-electron chi connectivity index (χ2n) is 9.68. The highest BCUT2D eigenvalue weighted by molar-refractivity contribution is 5.78. The molecule has 32 heavy (non-hydrogen) atoms. The highest BCUT2D eigenvalue weighted by atomic mass is 16.5. The lowest BCUT2D eigenvalue weighted by Gasteiger charge is -2.47. The van der Waals surface area contributed by atoms with Gasteiger partial charge in [-0.15, -0.1) is 0 Å². The molecule has 3 rings (SSSR count). The number of esters is 1. The highest BCUT2D eigenvalue weighted by Gasteiger charge is 2.40. The lowest BCUT2D eigenvalue weighted by molar-refractivity contribution is -0.153. The summed E-state index contributed by atoms with van der Waals surface area (Å²) in [6.07, 6.45) is 2.87. The zero-order valence-electron chi connectivity index (χ0n) is 19.9. The van der Waals surface area contributed by atoms with E-state index < -0.39 is 17.9 Å². The van der Waals surface area contributed by atoms with Crippen LogP contribution in [0, 0.1) is 23.7 Å². The van der Waals surface area contributed by atoms with Crippen LogP contribution in [0.2, 0.25) is 0 Å². The van der Waals surface area contributed by atoms with Crippen LogP contribution < -0.4 is 9.47 Å². The Kier molecular flexibility index (Phi) is 8.04. The number of carboxylic acid groups (broad SMARTS) is 1. The van der Waals surface area contributed by atoms with E-state index in [9.17, 15) is 9.59 Å². The molecule has 1 aromatic carbocycles. The first-order chi connectivity index (χ1) is 15.2. The summed E-state index contributed by atoms with van der Waals surface area (Å²) in [6.45, 7) is 8.31. The van der Waals surface area contributed by atoms with Crippen LogP contribution in [0.4, 0.5) is 0 Å². The van der Waals surface area contributed by atoms with Gasteiger partial charge in [0.2, 0.25) is 0 Å². The van der Waals surface area contributed by atoms with Crippen molar-refractivity contribution in [2.45, 2.75) is 52.5 Å². The van der Waals surface area contributed by atoms with Crippen molar-refractivity contribution in [3.63, 3.8) is 0 Å². The topological polar surface area (TPSA) is 85.3 Å². The molecule has 7 nitrogen and oxygen atoms in total. The Hall–Kier alpha value is -2.28. The van der Waals surface area contributed by atoms with Crippen molar-refractivity contribution in [1.29, 1.82) is 0 Å². The van der Waals surface area contributed by atoms with Gasteiger partial charge >= 0.3 is 11.9 Å². The van der Waals surface area contributed by atoms with Crippen LogP contribution >= 0.6 is 0 Å². The van der Waals surface area contributed by atoms with Gasteiger partial charge in [-0.25, -0.2) is 0 Å². The predicted molar refractivity (Wildman–Crippen MR) is 121 cm³/mol. The Balaban J connectivity index is 1.78. The first kappa shape index (κ1) is 24.4. The summed E-state index contributed by atoms with van der Waals surface area (Å²) in [4.78, 5) is 25.9. The van der Waals surface area contributed by atoms with Crippen LogP contribution in [0.5, 0.6) is 11.5 Å². The van der Waals surface area contributed by atoms with Gasteiger partial charge in [-0.2, -0.15) is 0 Å². The number of hydrogen-bond donors (Lipinski definition) is 1. The van der Waals surface area contributed by atoms with Gasteiger partial charge in [0.05, 0.1) is 33.2 Å². The van der Waals surface area contributed by atoms with Crippen molar-refractivity contribution in [3.8, 4) is 11.5 Å². The molecular weight excluding hydrogens is 410 g/mol. The number of rotatable bonds is 9. The van der Waals surface area contributed by atoms with Crippen LogP contribution in [0.25, 0.3) is 0 Å². The Labute approximate surface area is 191 Å². The standard InChI is InChI=1S/C25H37NO6/c1-15(2)8-18-13-26-7-6-17-11-22(30-4)23(31-5)12-20(17)21(26)10-19(18)14-32-24(27)9-16(3)25(28)29/h11-12,15-16,18-19,21H,6-10,13-14H2,1-5H3,(H,28,29)/t16-,18-,19+,21-/m1/s1. The lowest BCUT2D eigenvalue weighted by atomic mass is 9.74. The second kappa shape index (κ2) is 10.6. The average Bonchev–Trinajstić information content (AvgIpc) is 2.75. The van der Waals surface area contributed by atoms with E-state index in [1.54, 1.807) is 14.2 Å². The summed E-state index contributed by atoms with van der Waals surface area (Å²) >= 11 is 0. The number of nitrogens with zero attached hydrogens (tertiary/aromatic N) is 1. The molecule has 1 aromatic rings. The molecule has 0 spiro atoms. The summed E-state index contributed by atoms with van der Waals surface area (Å²) in [5.41, 5.74) is 2.56. The molecule has 0 radical (unpaired) electrons. The molecule has 2 aliphatic rings. The first-order valence-corrected chi connectivity index (χ1v) is 11.6. The lowest BCUT2D eigenvalue weighted by Crippen LogP contribution is -2.47. The molecule has 4 atom stereocenters. The number of aliphatic carboxylic acids is 1. The Morgan fingerprint density at radius 1 is 1.12 bits per heavy atom. The van der Waals surface area contributed by atoms with Crippen molar-refractivity contribution in [2.75, 3.05) is 33.9 Å². The van der Waals surface area contributed by atoms with E-state index in [0.29, 0.717) is 18.4 Å². The van der Waals surface area contributed by atoms with E-state index in [4.69, 9.17) is 19.3 Å². The number of carboxylic acids is 1. The number of carbonyl (C=O) groups is 2. The second-order valence-corrected chi connectivity index (χ2v) is 9.68. The van der Waals surface area contributed by atoms with Gasteiger partial charge in [-0.05, 0) is 60.3 Å². The van der Waals surface area contributed by atoms with Crippen molar-refractivity contribution < 1.29 is 28.9 Å². The van der Waals surface area contributed by atoms with E-state index in [1.807, 2.05) is 0 Å². The van der Waals surface area contributed by atoms with Gasteiger partial charge in [0.25, 0.3) is 0 Å². The van der Waals surface area contributed by atoms with E-state index >= 15 is 0 Å². The molecule has 1 fully saturated rings. The third-order valence-electron chi connectivity index (χ3n) is 6.90. The largest absolute Gasteiger partial charge is 0.493 e. The van der Waals surface area contributed by atoms with Crippen molar-refractivity contribution in [2.24, 2.45) is 23.7 Å². The fraction of sp³-hybridized carbons (Fsp3) is 0.680. The first-order valence-electron chi connectivity index (χ1n) is 11.6. The van der Waals surface area contributed by atoms with Gasteiger partial charge in [0.1, 0.15) is 0 Å². The molecule has 0 bridgehead atoms. The van der Waals surface area contributed by atoms with E-state index in [2.05, 4.69) is 30.9 Å². The molecule has 1 N–H and O–H groups in total. The quantitative estimate of drug-likeness (QED) is 0.574. The SMILES string of the molecule is COc1cc2c(cc1OC)[C@H]1C[C@@H](COC(=O)C[C@@H](C)C(=O)O)[C@H](CC(C)C)CN1CC2. The maximum Gasteiger partial charge on any atom is 0.306 e. The fourth-order valence-electron chi connectivity index (χ4n) is 5.18. The molecule has 1 saturated heterocycles. The maximum atomic E-state index is 12.2. The van der Waals surface area contributed by atoms with Crippen molar-refractivity contribution >= 4 is 11.9 Å².